The van der Waals surface area contributed by atoms with Crippen LogP contribution in [0.3, 0.4) is 0 Å². The molecule has 0 unspecified atom stereocenters. The zero-order valence-corrected chi connectivity index (χ0v) is 19.4. The molecule has 5 amide bonds. The Morgan fingerprint density at radius 1 is 1.06 bits per heavy atom. The standard InChI is InChI=1S/C24H27ClN4O4/c1-3-24(18-8-6-5-7-9-18)22(32)29(23(33)27-24)16-21(31)28(4-2)15-20(30)26-14-17-10-12-19(25)13-11-17/h5-13H,3-4,14-16H2,1-2H3,(H,26,30)(H,27,33)/t24-/m0/s1. The van der Waals surface area contributed by atoms with Gasteiger partial charge in [-0.1, -0.05) is 61.0 Å². The molecule has 0 saturated carbocycles. The number of amides is 5. The van der Waals surface area contributed by atoms with Crippen molar-refractivity contribution >= 4 is 35.4 Å². The third-order valence-corrected chi connectivity index (χ3v) is 5.99. The SMILES string of the molecule is CCN(CC(=O)NCc1ccc(Cl)cc1)C(=O)CN1C(=O)N[C@@](CC)(c2ccccc2)C1=O. The van der Waals surface area contributed by atoms with Crippen LogP contribution in [0.2, 0.25) is 5.02 Å². The molecular weight excluding hydrogens is 444 g/mol. The maximum atomic E-state index is 13.2. The number of halogens is 1. The van der Waals surface area contributed by atoms with Crippen molar-refractivity contribution < 1.29 is 19.2 Å². The molecule has 1 atom stereocenters. The summed E-state index contributed by atoms with van der Waals surface area (Å²) >= 11 is 5.86. The van der Waals surface area contributed by atoms with Gasteiger partial charge in [-0.25, -0.2) is 4.79 Å². The lowest BCUT2D eigenvalue weighted by atomic mass is 9.87. The van der Waals surface area contributed by atoms with Crippen molar-refractivity contribution in [3.8, 4) is 0 Å². The van der Waals surface area contributed by atoms with Crippen LogP contribution in [0.5, 0.6) is 0 Å². The maximum Gasteiger partial charge on any atom is 0.325 e. The summed E-state index contributed by atoms with van der Waals surface area (Å²) in [5, 5.41) is 6.12. The van der Waals surface area contributed by atoms with E-state index in [1.807, 2.05) is 6.07 Å². The number of likely N-dealkylation sites (N-methyl/N-ethyl adjacent to an activating group) is 1. The van der Waals surface area contributed by atoms with Crippen molar-refractivity contribution in [2.24, 2.45) is 0 Å². The van der Waals surface area contributed by atoms with Crippen molar-refractivity contribution in [1.29, 1.82) is 0 Å². The fourth-order valence-corrected chi connectivity index (χ4v) is 3.90. The van der Waals surface area contributed by atoms with Gasteiger partial charge in [0.15, 0.2) is 0 Å². The predicted octanol–water partition coefficient (Wildman–Crippen LogP) is 2.66. The monoisotopic (exact) mass is 470 g/mol. The van der Waals surface area contributed by atoms with E-state index < -0.39 is 29.9 Å². The molecule has 174 valence electrons. The van der Waals surface area contributed by atoms with Gasteiger partial charge in [0.25, 0.3) is 5.91 Å². The molecule has 33 heavy (non-hydrogen) atoms. The van der Waals surface area contributed by atoms with E-state index in [9.17, 15) is 19.2 Å². The van der Waals surface area contributed by atoms with Crippen molar-refractivity contribution in [3.63, 3.8) is 0 Å². The first-order valence-corrected chi connectivity index (χ1v) is 11.2. The highest BCUT2D eigenvalue weighted by molar-refractivity contribution is 6.30. The molecule has 0 radical (unpaired) electrons. The number of benzene rings is 2. The smallest absolute Gasteiger partial charge is 0.325 e. The van der Waals surface area contributed by atoms with Gasteiger partial charge in [-0.2, -0.15) is 0 Å². The van der Waals surface area contributed by atoms with Crippen LogP contribution in [0, 0.1) is 0 Å². The van der Waals surface area contributed by atoms with Gasteiger partial charge in [0, 0.05) is 18.1 Å². The number of nitrogens with one attached hydrogen (secondary N) is 2. The molecule has 1 saturated heterocycles. The van der Waals surface area contributed by atoms with E-state index in [4.69, 9.17) is 11.6 Å². The van der Waals surface area contributed by atoms with Crippen molar-refractivity contribution in [1.82, 2.24) is 20.4 Å². The third-order valence-electron chi connectivity index (χ3n) is 5.74. The highest BCUT2D eigenvalue weighted by Crippen LogP contribution is 2.32. The molecule has 0 spiro atoms. The summed E-state index contributed by atoms with van der Waals surface area (Å²) in [7, 11) is 0. The van der Waals surface area contributed by atoms with Crippen LogP contribution in [0.25, 0.3) is 0 Å². The molecule has 1 aliphatic rings. The fourth-order valence-electron chi connectivity index (χ4n) is 3.78. The number of carbonyl (C=O) groups excluding carboxylic acids is 4. The average Bonchev–Trinajstić information content (AvgIpc) is 3.07. The van der Waals surface area contributed by atoms with E-state index in [-0.39, 0.29) is 19.0 Å². The fraction of sp³-hybridized carbons (Fsp3) is 0.333. The van der Waals surface area contributed by atoms with E-state index in [1.165, 1.54) is 4.90 Å². The van der Waals surface area contributed by atoms with Gasteiger partial charge in [-0.3, -0.25) is 19.3 Å². The van der Waals surface area contributed by atoms with Crippen LogP contribution < -0.4 is 10.6 Å². The van der Waals surface area contributed by atoms with E-state index >= 15 is 0 Å². The molecule has 0 aliphatic carbocycles. The van der Waals surface area contributed by atoms with Gasteiger partial charge in [0.2, 0.25) is 11.8 Å². The van der Waals surface area contributed by atoms with E-state index in [0.717, 1.165) is 10.5 Å². The van der Waals surface area contributed by atoms with Gasteiger partial charge >= 0.3 is 6.03 Å². The van der Waals surface area contributed by atoms with Crippen LogP contribution in [0.1, 0.15) is 31.4 Å². The largest absolute Gasteiger partial charge is 0.350 e. The predicted molar refractivity (Wildman–Crippen MR) is 124 cm³/mol. The average molecular weight is 471 g/mol. The zero-order chi connectivity index (χ0) is 24.0. The summed E-state index contributed by atoms with van der Waals surface area (Å²) < 4.78 is 0. The minimum absolute atomic E-state index is 0.176. The Hall–Kier alpha value is -3.39. The number of carbonyl (C=O) groups is 4. The van der Waals surface area contributed by atoms with Gasteiger partial charge < -0.3 is 15.5 Å². The van der Waals surface area contributed by atoms with Crippen molar-refractivity contribution in [2.45, 2.75) is 32.4 Å². The summed E-state index contributed by atoms with van der Waals surface area (Å²) in [4.78, 5) is 53.3. The number of imide groups is 1. The quantitative estimate of drug-likeness (QED) is 0.550. The second kappa shape index (κ2) is 10.5. The second-order valence-electron chi connectivity index (χ2n) is 7.76. The molecule has 9 heteroatoms. The lowest BCUT2D eigenvalue weighted by Gasteiger charge is -2.26. The Labute approximate surface area is 197 Å². The molecule has 0 bridgehead atoms. The topological polar surface area (TPSA) is 98.8 Å². The Balaban J connectivity index is 1.62. The highest BCUT2D eigenvalue weighted by atomic mass is 35.5. The molecule has 1 fully saturated rings. The van der Waals surface area contributed by atoms with Crippen LogP contribution in [0.4, 0.5) is 4.79 Å². The molecule has 1 aliphatic heterocycles. The molecule has 3 rings (SSSR count). The van der Waals surface area contributed by atoms with Gasteiger partial charge in [0.05, 0.1) is 6.54 Å². The lowest BCUT2D eigenvalue weighted by Crippen LogP contribution is -2.47. The molecule has 2 N–H and O–H groups in total. The van der Waals surface area contributed by atoms with Crippen LogP contribution in [0.15, 0.2) is 54.6 Å². The first-order valence-electron chi connectivity index (χ1n) is 10.8. The molecule has 1 heterocycles. The summed E-state index contributed by atoms with van der Waals surface area (Å²) in [5.74, 6) is -1.30. The second-order valence-corrected chi connectivity index (χ2v) is 8.19. The molecule has 2 aromatic carbocycles. The Morgan fingerprint density at radius 2 is 1.73 bits per heavy atom. The molecule has 8 nitrogen and oxygen atoms in total. The van der Waals surface area contributed by atoms with Gasteiger partial charge in [-0.05, 0) is 36.6 Å². The first kappa shape index (κ1) is 24.3. The summed E-state index contributed by atoms with van der Waals surface area (Å²) in [6.07, 6.45) is 0.344. The Morgan fingerprint density at radius 3 is 2.33 bits per heavy atom. The molecule has 0 aromatic heterocycles. The molecular formula is C24H27ClN4O4. The summed E-state index contributed by atoms with van der Waals surface area (Å²) in [5.41, 5.74) is 0.332. The minimum atomic E-state index is -1.20. The van der Waals surface area contributed by atoms with Crippen molar-refractivity contribution in [3.05, 3.63) is 70.7 Å². The van der Waals surface area contributed by atoms with Gasteiger partial charge in [-0.15, -0.1) is 0 Å². The van der Waals surface area contributed by atoms with Crippen LogP contribution in [-0.2, 0) is 26.5 Å². The van der Waals surface area contributed by atoms with E-state index in [1.54, 1.807) is 62.4 Å². The number of nitrogens with zero attached hydrogens (tertiary/aromatic N) is 2. The highest BCUT2D eigenvalue weighted by Gasteiger charge is 2.51. The third kappa shape index (κ3) is 5.34. The van der Waals surface area contributed by atoms with E-state index in [2.05, 4.69) is 10.6 Å². The number of hydrogen-bond donors (Lipinski definition) is 2. The molecule has 2 aromatic rings. The van der Waals surface area contributed by atoms with Crippen LogP contribution >= 0.6 is 11.6 Å². The number of hydrogen-bond acceptors (Lipinski definition) is 4. The number of urea groups is 1. The van der Waals surface area contributed by atoms with Gasteiger partial charge in [0.1, 0.15) is 12.1 Å². The lowest BCUT2D eigenvalue weighted by molar-refractivity contribution is -0.140. The maximum absolute atomic E-state index is 13.2. The van der Waals surface area contributed by atoms with Crippen LogP contribution in [-0.4, -0.2) is 53.2 Å². The number of rotatable bonds is 9. The Bertz CT molecular complexity index is 1030. The zero-order valence-electron chi connectivity index (χ0n) is 18.6. The van der Waals surface area contributed by atoms with Crippen molar-refractivity contribution in [2.75, 3.05) is 19.6 Å². The normalized spacial score (nSPS) is 17.6. The summed E-state index contributed by atoms with van der Waals surface area (Å²) in [6.45, 7) is 3.48. The minimum Gasteiger partial charge on any atom is -0.350 e. The first-order chi connectivity index (χ1) is 15.8. The van der Waals surface area contributed by atoms with E-state index in [0.29, 0.717) is 23.6 Å². The Kier molecular flexibility index (Phi) is 7.71. The summed E-state index contributed by atoms with van der Waals surface area (Å²) in [6, 6.07) is 15.4.